The number of hydrogen-bond acceptors (Lipinski definition) is 3. The molecule has 0 spiro atoms. The Morgan fingerprint density at radius 2 is 2.35 bits per heavy atom. The van der Waals surface area contributed by atoms with E-state index < -0.39 is 18.0 Å². The maximum absolute atomic E-state index is 13.3. The number of carbonyl (C=O) groups is 1. The van der Waals surface area contributed by atoms with Crippen LogP contribution in [0.4, 0.5) is 14.9 Å². The highest BCUT2D eigenvalue weighted by Gasteiger charge is 2.25. The predicted octanol–water partition coefficient (Wildman–Crippen LogP) is 1.46. The van der Waals surface area contributed by atoms with Crippen LogP contribution in [-0.2, 0) is 4.74 Å². The highest BCUT2D eigenvalue weighted by Crippen LogP contribution is 2.24. The first-order valence-corrected chi connectivity index (χ1v) is 5.22. The molecule has 17 heavy (non-hydrogen) atoms. The van der Waals surface area contributed by atoms with E-state index in [1.807, 2.05) is 0 Å². The van der Waals surface area contributed by atoms with Crippen molar-refractivity contribution >= 4 is 11.8 Å². The number of carboxylic acid groups (broad SMARTS) is 1. The smallest absolute Gasteiger partial charge is 0.407 e. The molecule has 92 valence electrons. The van der Waals surface area contributed by atoms with E-state index >= 15 is 0 Å². The fraction of sp³-hybridized carbons (Fsp3) is 0.364. The van der Waals surface area contributed by atoms with Gasteiger partial charge in [0.15, 0.2) is 0 Å². The van der Waals surface area contributed by atoms with E-state index in [-0.39, 0.29) is 12.2 Å². The summed E-state index contributed by atoms with van der Waals surface area (Å²) in [5, 5.41) is 8.88. The molecule has 1 fully saturated rings. The first kappa shape index (κ1) is 11.7. The van der Waals surface area contributed by atoms with Crippen molar-refractivity contribution in [2.75, 3.05) is 25.4 Å². The predicted molar refractivity (Wildman–Crippen MR) is 59.1 cm³/mol. The van der Waals surface area contributed by atoms with E-state index in [2.05, 4.69) is 0 Å². The minimum absolute atomic E-state index is 0.0691. The molecule has 1 aliphatic rings. The van der Waals surface area contributed by atoms with Gasteiger partial charge in [-0.2, -0.15) is 0 Å². The summed E-state index contributed by atoms with van der Waals surface area (Å²) in [6, 6.07) is 4.38. The first-order chi connectivity index (χ1) is 8.08. The fourth-order valence-electron chi connectivity index (χ4n) is 1.77. The Morgan fingerprint density at radius 3 is 3.00 bits per heavy atom. The lowest BCUT2D eigenvalue weighted by molar-refractivity contribution is -0.0233. The highest BCUT2D eigenvalue weighted by atomic mass is 19.1. The van der Waals surface area contributed by atoms with Crippen LogP contribution in [-0.4, -0.2) is 35.8 Å². The van der Waals surface area contributed by atoms with Crippen LogP contribution in [0, 0.1) is 5.82 Å². The number of morpholine rings is 1. The number of nitrogen functional groups attached to an aromatic ring is 1. The Kier molecular flexibility index (Phi) is 3.14. The lowest BCUT2D eigenvalue weighted by Crippen LogP contribution is -2.41. The molecule has 1 aliphatic heterocycles. The standard InChI is InChI=1S/C11H13FN2O3/c12-8-5-7(1-2-9(8)13)10-6-14(11(15)16)3-4-17-10/h1-2,5,10H,3-4,6,13H2,(H,15,16)/t10-/m1/s1. The van der Waals surface area contributed by atoms with Crippen molar-refractivity contribution in [3.05, 3.63) is 29.6 Å². The van der Waals surface area contributed by atoms with Crippen molar-refractivity contribution in [1.29, 1.82) is 0 Å². The van der Waals surface area contributed by atoms with Crippen molar-refractivity contribution in [1.82, 2.24) is 4.90 Å². The van der Waals surface area contributed by atoms with E-state index in [1.54, 1.807) is 6.07 Å². The molecule has 1 aromatic rings. The van der Waals surface area contributed by atoms with Crippen molar-refractivity contribution in [3.8, 4) is 0 Å². The van der Waals surface area contributed by atoms with Gasteiger partial charge in [-0.1, -0.05) is 6.07 Å². The minimum atomic E-state index is -0.991. The zero-order valence-corrected chi connectivity index (χ0v) is 9.10. The van der Waals surface area contributed by atoms with Crippen LogP contribution in [0.1, 0.15) is 11.7 Å². The molecule has 3 N–H and O–H groups in total. The Labute approximate surface area is 97.6 Å². The first-order valence-electron chi connectivity index (χ1n) is 5.22. The van der Waals surface area contributed by atoms with E-state index in [0.717, 1.165) is 0 Å². The van der Waals surface area contributed by atoms with Gasteiger partial charge in [0.05, 0.1) is 18.8 Å². The molecule has 0 radical (unpaired) electrons. The summed E-state index contributed by atoms with van der Waals surface area (Å²) in [4.78, 5) is 12.1. The molecule has 0 bridgehead atoms. The molecule has 1 heterocycles. The third-order valence-corrected chi connectivity index (χ3v) is 2.73. The normalized spacial score (nSPS) is 20.3. The zero-order chi connectivity index (χ0) is 12.4. The van der Waals surface area contributed by atoms with Crippen LogP contribution >= 0.6 is 0 Å². The minimum Gasteiger partial charge on any atom is -0.465 e. The second kappa shape index (κ2) is 4.58. The van der Waals surface area contributed by atoms with Gasteiger partial charge in [-0.15, -0.1) is 0 Å². The van der Waals surface area contributed by atoms with Gasteiger partial charge in [-0.25, -0.2) is 9.18 Å². The Hall–Kier alpha value is -1.82. The second-order valence-corrected chi connectivity index (χ2v) is 3.87. The van der Waals surface area contributed by atoms with E-state index in [1.165, 1.54) is 17.0 Å². The second-order valence-electron chi connectivity index (χ2n) is 3.87. The van der Waals surface area contributed by atoms with Crippen molar-refractivity contribution < 1.29 is 19.0 Å². The molecule has 2 rings (SSSR count). The number of halogens is 1. The third kappa shape index (κ3) is 2.47. The van der Waals surface area contributed by atoms with Gasteiger partial charge >= 0.3 is 6.09 Å². The van der Waals surface area contributed by atoms with Gasteiger partial charge in [0.1, 0.15) is 11.9 Å². The monoisotopic (exact) mass is 240 g/mol. The summed E-state index contributed by atoms with van der Waals surface area (Å²) < 4.78 is 18.7. The SMILES string of the molecule is Nc1ccc([C@H]2CN(C(=O)O)CCO2)cc1F. The van der Waals surface area contributed by atoms with Gasteiger partial charge < -0.3 is 20.5 Å². The number of hydrogen-bond donors (Lipinski definition) is 2. The molecular formula is C11H13FN2O3. The number of ether oxygens (including phenoxy) is 1. The largest absolute Gasteiger partial charge is 0.465 e. The lowest BCUT2D eigenvalue weighted by Gasteiger charge is -2.31. The molecule has 1 amide bonds. The molecule has 5 nitrogen and oxygen atoms in total. The average Bonchev–Trinajstić information content (AvgIpc) is 2.33. The van der Waals surface area contributed by atoms with Crippen LogP contribution in [0.2, 0.25) is 0 Å². The number of nitrogens with zero attached hydrogens (tertiary/aromatic N) is 1. The summed E-state index contributed by atoms with van der Waals surface area (Å²) in [7, 11) is 0. The van der Waals surface area contributed by atoms with E-state index in [0.29, 0.717) is 18.7 Å². The summed E-state index contributed by atoms with van der Waals surface area (Å²) >= 11 is 0. The molecule has 0 saturated carbocycles. The average molecular weight is 240 g/mol. The number of amides is 1. The van der Waals surface area contributed by atoms with Gasteiger partial charge in [0, 0.05) is 6.54 Å². The maximum atomic E-state index is 13.3. The molecule has 0 aromatic heterocycles. The van der Waals surface area contributed by atoms with Gasteiger partial charge in [0.2, 0.25) is 0 Å². The molecular weight excluding hydrogens is 227 g/mol. The fourth-order valence-corrected chi connectivity index (χ4v) is 1.77. The Balaban J connectivity index is 2.16. The van der Waals surface area contributed by atoms with Crippen LogP contribution in [0.3, 0.4) is 0 Å². The van der Waals surface area contributed by atoms with Crippen LogP contribution < -0.4 is 5.73 Å². The van der Waals surface area contributed by atoms with Crippen molar-refractivity contribution in [3.63, 3.8) is 0 Å². The highest BCUT2D eigenvalue weighted by molar-refractivity contribution is 5.65. The number of anilines is 1. The van der Waals surface area contributed by atoms with Gasteiger partial charge in [-0.05, 0) is 17.7 Å². The summed E-state index contributed by atoms with van der Waals surface area (Å²) in [6.07, 6.45) is -1.43. The molecule has 1 saturated heterocycles. The molecule has 0 unspecified atom stereocenters. The number of benzene rings is 1. The van der Waals surface area contributed by atoms with Crippen molar-refractivity contribution in [2.24, 2.45) is 0 Å². The van der Waals surface area contributed by atoms with Crippen molar-refractivity contribution in [2.45, 2.75) is 6.10 Å². The molecule has 1 atom stereocenters. The van der Waals surface area contributed by atoms with Gasteiger partial charge in [0.25, 0.3) is 0 Å². The molecule has 1 aromatic carbocycles. The topological polar surface area (TPSA) is 75.8 Å². The quantitative estimate of drug-likeness (QED) is 0.728. The van der Waals surface area contributed by atoms with E-state index in [9.17, 15) is 9.18 Å². The lowest BCUT2D eigenvalue weighted by atomic mass is 10.1. The molecule has 6 heteroatoms. The summed E-state index contributed by atoms with van der Waals surface area (Å²) in [6.45, 7) is 0.852. The molecule has 0 aliphatic carbocycles. The maximum Gasteiger partial charge on any atom is 0.407 e. The zero-order valence-electron chi connectivity index (χ0n) is 9.10. The van der Waals surface area contributed by atoms with Gasteiger partial charge in [-0.3, -0.25) is 0 Å². The third-order valence-electron chi connectivity index (χ3n) is 2.73. The van der Waals surface area contributed by atoms with Crippen LogP contribution in [0.25, 0.3) is 0 Å². The summed E-state index contributed by atoms with van der Waals surface area (Å²) in [5.74, 6) is -0.515. The van der Waals surface area contributed by atoms with Crippen LogP contribution in [0.5, 0.6) is 0 Å². The Bertz CT molecular complexity index is 439. The van der Waals surface area contributed by atoms with Crippen LogP contribution in [0.15, 0.2) is 18.2 Å². The summed E-state index contributed by atoms with van der Waals surface area (Å²) in [5.41, 5.74) is 6.04. The number of rotatable bonds is 1. The number of nitrogens with two attached hydrogens (primary N) is 1. The van der Waals surface area contributed by atoms with E-state index in [4.69, 9.17) is 15.6 Å². The Morgan fingerprint density at radius 1 is 1.59 bits per heavy atom.